The van der Waals surface area contributed by atoms with E-state index in [-0.39, 0.29) is 31.1 Å². The molecule has 0 heterocycles. The summed E-state index contributed by atoms with van der Waals surface area (Å²) >= 11 is 0. The minimum absolute atomic E-state index is 0.0746. The molecule has 0 bridgehead atoms. The van der Waals surface area contributed by atoms with Crippen LogP contribution in [0.2, 0.25) is 0 Å². The largest absolute Gasteiger partial charge is 0.462 e. The van der Waals surface area contributed by atoms with E-state index in [4.69, 9.17) is 14.2 Å². The Morgan fingerprint density at radius 1 is 0.257 bits per heavy atom. The zero-order valence-corrected chi connectivity index (χ0v) is 49.9. The molecule has 0 saturated carbocycles. The number of hydrogen-bond donors (Lipinski definition) is 0. The van der Waals surface area contributed by atoms with Crippen LogP contribution >= 0.6 is 0 Å². The van der Waals surface area contributed by atoms with Crippen molar-refractivity contribution in [1.82, 2.24) is 0 Å². The maximum Gasteiger partial charge on any atom is 0.306 e. The highest BCUT2D eigenvalue weighted by Crippen LogP contribution is 2.17. The monoisotopic (exact) mass is 1040 g/mol. The van der Waals surface area contributed by atoms with Gasteiger partial charge in [0.15, 0.2) is 6.10 Å². The molecule has 1 atom stereocenters. The van der Waals surface area contributed by atoms with Gasteiger partial charge in [-0.05, 0) is 96.3 Å². The van der Waals surface area contributed by atoms with Crippen LogP contribution in [-0.2, 0) is 28.6 Å². The van der Waals surface area contributed by atoms with E-state index in [9.17, 15) is 14.4 Å². The highest BCUT2D eigenvalue weighted by atomic mass is 16.6. The lowest BCUT2D eigenvalue weighted by Crippen LogP contribution is -2.30. The minimum atomic E-state index is -0.778. The van der Waals surface area contributed by atoms with E-state index in [0.29, 0.717) is 19.3 Å². The van der Waals surface area contributed by atoms with Crippen molar-refractivity contribution in [2.45, 2.75) is 367 Å². The Hall–Kier alpha value is -2.37. The van der Waals surface area contributed by atoms with Gasteiger partial charge in [-0.3, -0.25) is 14.4 Å². The van der Waals surface area contributed by atoms with Crippen molar-refractivity contribution in [3.05, 3.63) is 36.5 Å². The lowest BCUT2D eigenvalue weighted by atomic mass is 10.0. The fourth-order valence-electron chi connectivity index (χ4n) is 9.84. The van der Waals surface area contributed by atoms with E-state index in [1.165, 1.54) is 250 Å². The van der Waals surface area contributed by atoms with Crippen molar-refractivity contribution < 1.29 is 28.6 Å². The van der Waals surface area contributed by atoms with Gasteiger partial charge in [0, 0.05) is 19.3 Å². The molecule has 0 rings (SSSR count). The standard InChI is InChI=1S/C68H126O6/c1-4-7-10-13-16-19-22-25-27-29-30-31-32-33-34-35-36-37-38-39-41-43-46-49-52-55-58-61-67(70)73-64-65(63-72-66(69)60-57-54-51-48-45-42-24-21-18-15-12-9-6-3)74-68(71)62-59-56-53-50-47-44-40-28-26-23-20-17-14-11-8-5-2/h21,24,28-30,40,65H,4-20,22-23,25-27,31-39,41-64H2,1-3H3/b24-21-,30-29-,40-28-. The average molecular weight is 1040 g/mol. The third kappa shape index (κ3) is 60.5. The predicted molar refractivity (Wildman–Crippen MR) is 321 cm³/mol. The van der Waals surface area contributed by atoms with E-state index in [1.807, 2.05) is 0 Å². The Morgan fingerprint density at radius 3 is 0.689 bits per heavy atom. The number of hydrogen-bond acceptors (Lipinski definition) is 6. The maximum absolute atomic E-state index is 12.9. The molecular formula is C68H126O6. The Bertz CT molecular complexity index is 1240. The summed E-state index contributed by atoms with van der Waals surface area (Å²) in [5, 5.41) is 0. The first-order chi connectivity index (χ1) is 36.5. The zero-order chi connectivity index (χ0) is 53.6. The van der Waals surface area contributed by atoms with E-state index in [1.54, 1.807) is 0 Å². The van der Waals surface area contributed by atoms with Crippen LogP contribution in [-0.4, -0.2) is 37.2 Å². The van der Waals surface area contributed by atoms with Crippen LogP contribution in [0.5, 0.6) is 0 Å². The lowest BCUT2D eigenvalue weighted by Gasteiger charge is -2.18. The number of unbranched alkanes of at least 4 members (excludes halogenated alkanes) is 44. The van der Waals surface area contributed by atoms with E-state index < -0.39 is 6.10 Å². The second-order valence-electron chi connectivity index (χ2n) is 22.4. The molecule has 6 nitrogen and oxygen atoms in total. The molecule has 0 spiro atoms. The Kier molecular flexibility index (Phi) is 61.1. The SMILES string of the molecule is CCCCCC/C=C\CCCCCCCC(=O)OCC(COC(=O)CCCCCCCCCCCCCCCCC/C=C\CCCCCCCCCC)OC(=O)CCCCCCC/C=C\CCCCCCCCC. The smallest absolute Gasteiger partial charge is 0.306 e. The van der Waals surface area contributed by atoms with Crippen LogP contribution in [0.1, 0.15) is 361 Å². The quantitative estimate of drug-likeness (QED) is 0.0261. The van der Waals surface area contributed by atoms with E-state index in [2.05, 4.69) is 57.2 Å². The maximum atomic E-state index is 12.9. The molecule has 0 aromatic carbocycles. The van der Waals surface area contributed by atoms with Crippen LogP contribution in [0.3, 0.4) is 0 Å². The van der Waals surface area contributed by atoms with E-state index >= 15 is 0 Å². The Morgan fingerprint density at radius 2 is 0.446 bits per heavy atom. The molecule has 434 valence electrons. The first-order valence-corrected chi connectivity index (χ1v) is 33.0. The summed E-state index contributed by atoms with van der Waals surface area (Å²) in [6.07, 6.45) is 77.4. The molecular weight excluding hydrogens is 913 g/mol. The molecule has 1 unspecified atom stereocenters. The number of allylic oxidation sites excluding steroid dienone is 6. The van der Waals surface area contributed by atoms with Crippen LogP contribution in [0.25, 0.3) is 0 Å². The molecule has 0 N–H and O–H groups in total. The van der Waals surface area contributed by atoms with Crippen molar-refractivity contribution in [3.8, 4) is 0 Å². The summed E-state index contributed by atoms with van der Waals surface area (Å²) in [7, 11) is 0. The van der Waals surface area contributed by atoms with Crippen molar-refractivity contribution in [1.29, 1.82) is 0 Å². The number of esters is 3. The van der Waals surface area contributed by atoms with Gasteiger partial charge in [-0.15, -0.1) is 0 Å². The number of carbonyl (C=O) groups is 3. The summed E-state index contributed by atoms with van der Waals surface area (Å²) in [6.45, 7) is 6.66. The molecule has 0 fully saturated rings. The summed E-state index contributed by atoms with van der Waals surface area (Å²) < 4.78 is 16.9. The fourth-order valence-corrected chi connectivity index (χ4v) is 9.84. The summed E-state index contributed by atoms with van der Waals surface area (Å²) in [4.78, 5) is 38.3. The molecule has 0 saturated heterocycles. The third-order valence-corrected chi connectivity index (χ3v) is 14.8. The molecule has 0 aliphatic carbocycles. The molecule has 0 aliphatic heterocycles. The van der Waals surface area contributed by atoms with Gasteiger partial charge in [-0.25, -0.2) is 0 Å². The first kappa shape index (κ1) is 71.6. The number of ether oxygens (including phenoxy) is 3. The third-order valence-electron chi connectivity index (χ3n) is 14.8. The van der Waals surface area contributed by atoms with Gasteiger partial charge in [0.1, 0.15) is 13.2 Å². The molecule has 6 heteroatoms. The van der Waals surface area contributed by atoms with Gasteiger partial charge in [0.05, 0.1) is 0 Å². The molecule has 0 aromatic rings. The van der Waals surface area contributed by atoms with Gasteiger partial charge in [-0.1, -0.05) is 282 Å². The molecule has 0 aliphatic rings. The molecule has 0 amide bonds. The normalized spacial score (nSPS) is 12.2. The van der Waals surface area contributed by atoms with Crippen LogP contribution in [0.15, 0.2) is 36.5 Å². The fraction of sp³-hybridized carbons (Fsp3) is 0.868. The number of rotatable bonds is 61. The topological polar surface area (TPSA) is 78.9 Å². The van der Waals surface area contributed by atoms with E-state index in [0.717, 1.165) is 70.6 Å². The average Bonchev–Trinajstić information content (AvgIpc) is 3.40. The number of carbonyl (C=O) groups excluding carboxylic acids is 3. The van der Waals surface area contributed by atoms with Gasteiger partial charge in [0.25, 0.3) is 0 Å². The van der Waals surface area contributed by atoms with Crippen LogP contribution in [0.4, 0.5) is 0 Å². The zero-order valence-electron chi connectivity index (χ0n) is 49.9. The van der Waals surface area contributed by atoms with Gasteiger partial charge >= 0.3 is 17.9 Å². The molecule has 0 radical (unpaired) electrons. The molecule has 0 aromatic heterocycles. The Labute approximate surface area is 461 Å². The van der Waals surface area contributed by atoms with Crippen molar-refractivity contribution >= 4 is 17.9 Å². The predicted octanol–water partition coefficient (Wildman–Crippen LogP) is 22.4. The first-order valence-electron chi connectivity index (χ1n) is 33.0. The van der Waals surface area contributed by atoms with Crippen molar-refractivity contribution in [2.75, 3.05) is 13.2 Å². The van der Waals surface area contributed by atoms with Gasteiger partial charge in [0.2, 0.25) is 0 Å². The van der Waals surface area contributed by atoms with Crippen LogP contribution in [0, 0.1) is 0 Å². The highest BCUT2D eigenvalue weighted by molar-refractivity contribution is 5.71. The summed E-state index contributed by atoms with van der Waals surface area (Å²) in [5.74, 6) is -0.871. The van der Waals surface area contributed by atoms with Gasteiger partial charge < -0.3 is 14.2 Å². The molecule has 74 heavy (non-hydrogen) atoms. The summed E-state index contributed by atoms with van der Waals surface area (Å²) in [6, 6.07) is 0. The Balaban J connectivity index is 4.21. The summed E-state index contributed by atoms with van der Waals surface area (Å²) in [5.41, 5.74) is 0. The van der Waals surface area contributed by atoms with Crippen molar-refractivity contribution in [3.63, 3.8) is 0 Å². The van der Waals surface area contributed by atoms with Gasteiger partial charge in [-0.2, -0.15) is 0 Å². The lowest BCUT2D eigenvalue weighted by molar-refractivity contribution is -0.167. The van der Waals surface area contributed by atoms with Crippen LogP contribution < -0.4 is 0 Å². The minimum Gasteiger partial charge on any atom is -0.462 e. The second-order valence-corrected chi connectivity index (χ2v) is 22.4. The van der Waals surface area contributed by atoms with Crippen molar-refractivity contribution in [2.24, 2.45) is 0 Å². The highest BCUT2D eigenvalue weighted by Gasteiger charge is 2.19. The second kappa shape index (κ2) is 63.2.